The van der Waals surface area contributed by atoms with Crippen LogP contribution in [-0.2, 0) is 11.3 Å². The smallest absolute Gasteiger partial charge is 0.251 e. The van der Waals surface area contributed by atoms with E-state index in [0.717, 1.165) is 30.6 Å². The van der Waals surface area contributed by atoms with E-state index in [1.165, 1.54) is 0 Å². The molecule has 1 atom stereocenters. The Morgan fingerprint density at radius 1 is 1.16 bits per heavy atom. The van der Waals surface area contributed by atoms with Crippen molar-refractivity contribution >= 4 is 17.5 Å². The van der Waals surface area contributed by atoms with Crippen molar-refractivity contribution in [2.24, 2.45) is 11.7 Å². The van der Waals surface area contributed by atoms with Crippen LogP contribution in [0, 0.1) is 5.92 Å². The second kappa shape index (κ2) is 7.79. The molecule has 1 aliphatic heterocycles. The zero-order valence-electron chi connectivity index (χ0n) is 14.0. The number of primary amides is 1. The molecule has 0 radical (unpaired) electrons. The number of nitrogens with one attached hydrogen (secondary N) is 1. The number of nitrogens with zero attached hydrogens (tertiary/aromatic N) is 2. The maximum absolute atomic E-state index is 12.0. The molecule has 25 heavy (non-hydrogen) atoms. The molecule has 3 N–H and O–H groups in total. The quantitative estimate of drug-likeness (QED) is 0.869. The fraction of sp³-hybridized carbons (Fsp3) is 0.316. The highest BCUT2D eigenvalue weighted by Crippen LogP contribution is 2.23. The van der Waals surface area contributed by atoms with E-state index in [1.54, 1.807) is 24.5 Å². The van der Waals surface area contributed by atoms with Crippen LogP contribution in [0.1, 0.15) is 28.8 Å². The first-order valence-electron chi connectivity index (χ1n) is 8.45. The number of hydrogen-bond donors (Lipinski definition) is 2. The summed E-state index contributed by atoms with van der Waals surface area (Å²) in [5.41, 5.74) is 8.13. The third kappa shape index (κ3) is 4.35. The largest absolute Gasteiger partial charge is 0.371 e. The van der Waals surface area contributed by atoms with Crippen molar-refractivity contribution in [3.63, 3.8) is 0 Å². The molecule has 1 saturated heterocycles. The summed E-state index contributed by atoms with van der Waals surface area (Å²) in [6, 6.07) is 11.4. The Morgan fingerprint density at radius 3 is 2.56 bits per heavy atom. The number of anilines is 1. The molecule has 1 aromatic heterocycles. The Kier molecular flexibility index (Phi) is 5.28. The van der Waals surface area contributed by atoms with E-state index in [0.29, 0.717) is 18.7 Å². The zero-order valence-corrected chi connectivity index (χ0v) is 14.0. The Bertz CT molecular complexity index is 731. The third-order valence-corrected chi connectivity index (χ3v) is 4.52. The van der Waals surface area contributed by atoms with Crippen LogP contribution >= 0.6 is 0 Å². The standard InChI is InChI=1S/C19H22N4O2/c20-18(24)16-2-1-11-23(13-16)17-5-3-14(4-6-17)12-22-19(25)15-7-9-21-10-8-15/h3-10,16H,1-2,11-13H2,(H2,20,24)(H,22,25)/t16-/m0/s1. The summed E-state index contributed by atoms with van der Waals surface area (Å²) in [7, 11) is 0. The SMILES string of the molecule is NC(=O)[C@H]1CCCN(c2ccc(CNC(=O)c3ccncc3)cc2)C1. The van der Waals surface area contributed by atoms with Crippen LogP contribution in [0.15, 0.2) is 48.8 Å². The lowest BCUT2D eigenvalue weighted by atomic mass is 9.97. The van der Waals surface area contributed by atoms with Crippen LogP contribution in [0.2, 0.25) is 0 Å². The number of nitrogens with two attached hydrogens (primary N) is 1. The van der Waals surface area contributed by atoms with Crippen molar-refractivity contribution < 1.29 is 9.59 Å². The fourth-order valence-corrected chi connectivity index (χ4v) is 3.06. The first-order chi connectivity index (χ1) is 12.1. The molecule has 0 saturated carbocycles. The monoisotopic (exact) mass is 338 g/mol. The lowest BCUT2D eigenvalue weighted by Gasteiger charge is -2.33. The summed E-state index contributed by atoms with van der Waals surface area (Å²) in [5.74, 6) is -0.417. The van der Waals surface area contributed by atoms with Crippen LogP contribution in [0.3, 0.4) is 0 Å². The van der Waals surface area contributed by atoms with E-state index in [-0.39, 0.29) is 17.7 Å². The molecule has 1 fully saturated rings. The predicted molar refractivity (Wildman–Crippen MR) is 96.0 cm³/mol. The molecular weight excluding hydrogens is 316 g/mol. The van der Waals surface area contributed by atoms with Gasteiger partial charge in [0.15, 0.2) is 0 Å². The van der Waals surface area contributed by atoms with Crippen molar-refractivity contribution in [2.45, 2.75) is 19.4 Å². The molecule has 2 heterocycles. The number of carbonyl (C=O) groups is 2. The first kappa shape index (κ1) is 17.0. The van der Waals surface area contributed by atoms with E-state index in [1.807, 2.05) is 24.3 Å². The maximum atomic E-state index is 12.0. The van der Waals surface area contributed by atoms with Gasteiger partial charge in [0.05, 0.1) is 5.92 Å². The minimum Gasteiger partial charge on any atom is -0.371 e. The molecule has 3 rings (SSSR count). The number of piperidine rings is 1. The molecule has 0 spiro atoms. The van der Waals surface area contributed by atoms with E-state index in [4.69, 9.17) is 5.73 Å². The van der Waals surface area contributed by atoms with Crippen molar-refractivity contribution in [1.29, 1.82) is 0 Å². The molecule has 1 aliphatic rings. The molecule has 1 aromatic carbocycles. The van der Waals surface area contributed by atoms with Gasteiger partial charge in [-0.25, -0.2) is 0 Å². The van der Waals surface area contributed by atoms with Crippen LogP contribution in [0.4, 0.5) is 5.69 Å². The molecule has 0 bridgehead atoms. The van der Waals surface area contributed by atoms with E-state index < -0.39 is 0 Å². The molecule has 6 heteroatoms. The topological polar surface area (TPSA) is 88.3 Å². The van der Waals surface area contributed by atoms with E-state index in [2.05, 4.69) is 15.2 Å². The lowest BCUT2D eigenvalue weighted by Crippen LogP contribution is -2.41. The number of benzene rings is 1. The lowest BCUT2D eigenvalue weighted by molar-refractivity contribution is -0.122. The van der Waals surface area contributed by atoms with Gasteiger partial charge in [0.2, 0.25) is 5.91 Å². The Morgan fingerprint density at radius 2 is 1.88 bits per heavy atom. The molecule has 0 aliphatic carbocycles. The molecule has 2 aromatic rings. The summed E-state index contributed by atoms with van der Waals surface area (Å²) >= 11 is 0. The van der Waals surface area contributed by atoms with Gasteiger partial charge in [-0.2, -0.15) is 0 Å². The van der Waals surface area contributed by atoms with Gasteiger partial charge in [-0.15, -0.1) is 0 Å². The summed E-state index contributed by atoms with van der Waals surface area (Å²) in [6.07, 6.45) is 5.03. The van der Waals surface area contributed by atoms with Gasteiger partial charge < -0.3 is 16.0 Å². The highest BCUT2D eigenvalue weighted by molar-refractivity contribution is 5.93. The van der Waals surface area contributed by atoms with Gasteiger partial charge in [-0.1, -0.05) is 12.1 Å². The number of rotatable bonds is 5. The van der Waals surface area contributed by atoms with Crippen LogP contribution < -0.4 is 16.0 Å². The zero-order chi connectivity index (χ0) is 17.6. The average Bonchev–Trinajstić information content (AvgIpc) is 2.67. The Labute approximate surface area is 147 Å². The number of carbonyl (C=O) groups excluding carboxylic acids is 2. The van der Waals surface area contributed by atoms with Gasteiger partial charge in [0.1, 0.15) is 0 Å². The fourth-order valence-electron chi connectivity index (χ4n) is 3.06. The summed E-state index contributed by atoms with van der Waals surface area (Å²) in [6.45, 7) is 2.07. The molecule has 6 nitrogen and oxygen atoms in total. The van der Waals surface area contributed by atoms with Crippen LogP contribution in [0.25, 0.3) is 0 Å². The average molecular weight is 338 g/mol. The minimum atomic E-state index is -0.222. The van der Waals surface area contributed by atoms with Gasteiger partial charge in [0.25, 0.3) is 5.91 Å². The van der Waals surface area contributed by atoms with E-state index in [9.17, 15) is 9.59 Å². The van der Waals surface area contributed by atoms with Crippen molar-refractivity contribution in [3.05, 3.63) is 59.9 Å². The second-order valence-electron chi connectivity index (χ2n) is 6.27. The highest BCUT2D eigenvalue weighted by atomic mass is 16.2. The van der Waals surface area contributed by atoms with Crippen molar-refractivity contribution in [2.75, 3.05) is 18.0 Å². The summed E-state index contributed by atoms with van der Waals surface area (Å²) in [5, 5.41) is 2.89. The van der Waals surface area contributed by atoms with Gasteiger partial charge >= 0.3 is 0 Å². The molecule has 130 valence electrons. The number of hydrogen-bond acceptors (Lipinski definition) is 4. The molecule has 0 unspecified atom stereocenters. The van der Waals surface area contributed by atoms with Gasteiger partial charge in [-0.05, 0) is 42.7 Å². The summed E-state index contributed by atoms with van der Waals surface area (Å²) in [4.78, 5) is 29.5. The Balaban J connectivity index is 1.57. The van der Waals surface area contributed by atoms with E-state index >= 15 is 0 Å². The molecular formula is C19H22N4O2. The van der Waals surface area contributed by atoms with Gasteiger partial charge in [0, 0.05) is 43.3 Å². The Hall–Kier alpha value is -2.89. The van der Waals surface area contributed by atoms with Crippen molar-refractivity contribution in [3.8, 4) is 0 Å². The number of amides is 2. The second-order valence-corrected chi connectivity index (χ2v) is 6.27. The number of aromatic nitrogens is 1. The van der Waals surface area contributed by atoms with Gasteiger partial charge in [-0.3, -0.25) is 14.6 Å². The summed E-state index contributed by atoms with van der Waals surface area (Å²) < 4.78 is 0. The normalized spacial score (nSPS) is 17.1. The van der Waals surface area contributed by atoms with Crippen molar-refractivity contribution in [1.82, 2.24) is 10.3 Å². The number of pyridine rings is 1. The highest BCUT2D eigenvalue weighted by Gasteiger charge is 2.23. The van der Waals surface area contributed by atoms with Crippen LogP contribution in [0.5, 0.6) is 0 Å². The minimum absolute atomic E-state index is 0.0759. The third-order valence-electron chi connectivity index (χ3n) is 4.52. The predicted octanol–water partition coefficient (Wildman–Crippen LogP) is 1.71. The maximum Gasteiger partial charge on any atom is 0.251 e. The first-order valence-corrected chi connectivity index (χ1v) is 8.45. The molecule has 2 amide bonds. The van der Waals surface area contributed by atoms with Crippen LogP contribution in [-0.4, -0.2) is 29.9 Å².